The predicted molar refractivity (Wildman–Crippen MR) is 106 cm³/mol. The summed E-state index contributed by atoms with van der Waals surface area (Å²) < 4.78 is 6.48. The minimum atomic E-state index is -0.0886. The third kappa shape index (κ3) is 3.41. The van der Waals surface area contributed by atoms with Crippen molar-refractivity contribution in [2.45, 2.75) is 17.0 Å². The number of methoxy groups -OCH3 is 1. The van der Waals surface area contributed by atoms with Crippen LogP contribution in [0.1, 0.15) is 5.56 Å². The molecule has 2 aromatic carbocycles. The van der Waals surface area contributed by atoms with E-state index in [9.17, 15) is 10.2 Å². The molecule has 0 bridgehead atoms. The highest BCUT2D eigenvalue weighted by molar-refractivity contribution is 7.99. The zero-order valence-electron chi connectivity index (χ0n) is 15.2. The van der Waals surface area contributed by atoms with Gasteiger partial charge < -0.3 is 14.9 Å². The van der Waals surface area contributed by atoms with Crippen molar-refractivity contribution in [2.75, 3.05) is 7.11 Å². The van der Waals surface area contributed by atoms with Gasteiger partial charge in [0, 0.05) is 11.6 Å². The number of aromatic nitrogens is 4. The van der Waals surface area contributed by atoms with E-state index in [4.69, 9.17) is 4.74 Å². The SMILES string of the molecule is COc1ccc(-n2c(O)cc(Sc3n[nH]c(-c4ccc(C)cc4)n3)c2O)cc1. The smallest absolute Gasteiger partial charge is 0.213 e. The molecule has 4 rings (SSSR count). The van der Waals surface area contributed by atoms with Gasteiger partial charge in [-0.05, 0) is 43.0 Å². The van der Waals surface area contributed by atoms with E-state index in [1.165, 1.54) is 10.6 Å². The van der Waals surface area contributed by atoms with E-state index in [0.717, 1.165) is 22.9 Å². The van der Waals surface area contributed by atoms with Crippen LogP contribution in [-0.2, 0) is 0 Å². The monoisotopic (exact) mass is 394 g/mol. The van der Waals surface area contributed by atoms with Crippen LogP contribution in [0.15, 0.2) is 64.6 Å². The summed E-state index contributed by atoms with van der Waals surface area (Å²) in [6, 6.07) is 16.4. The summed E-state index contributed by atoms with van der Waals surface area (Å²) in [6.07, 6.45) is 0. The average Bonchev–Trinajstić information content (AvgIpc) is 3.27. The number of nitrogens with one attached hydrogen (secondary N) is 1. The van der Waals surface area contributed by atoms with Gasteiger partial charge in [-0.1, -0.05) is 29.8 Å². The van der Waals surface area contributed by atoms with E-state index in [1.54, 1.807) is 31.4 Å². The summed E-state index contributed by atoms with van der Waals surface area (Å²) in [5.41, 5.74) is 2.70. The average molecular weight is 394 g/mol. The van der Waals surface area contributed by atoms with E-state index < -0.39 is 0 Å². The van der Waals surface area contributed by atoms with E-state index in [-0.39, 0.29) is 11.8 Å². The third-order valence-electron chi connectivity index (χ3n) is 4.24. The van der Waals surface area contributed by atoms with Crippen LogP contribution < -0.4 is 4.74 Å². The van der Waals surface area contributed by atoms with E-state index >= 15 is 0 Å². The normalized spacial score (nSPS) is 10.9. The molecule has 0 amide bonds. The maximum absolute atomic E-state index is 10.6. The van der Waals surface area contributed by atoms with Gasteiger partial charge in [0.2, 0.25) is 11.0 Å². The molecular formula is C20H18N4O3S. The van der Waals surface area contributed by atoms with Crippen molar-refractivity contribution >= 4 is 11.8 Å². The number of aromatic hydroxyl groups is 2. The molecule has 0 unspecified atom stereocenters. The fraction of sp³-hybridized carbons (Fsp3) is 0.100. The summed E-state index contributed by atoms with van der Waals surface area (Å²) >= 11 is 1.16. The molecule has 7 nitrogen and oxygen atoms in total. The van der Waals surface area contributed by atoms with Crippen molar-refractivity contribution < 1.29 is 14.9 Å². The lowest BCUT2D eigenvalue weighted by Gasteiger charge is -2.08. The number of benzene rings is 2. The molecule has 4 aromatic rings. The molecule has 3 N–H and O–H groups in total. The highest BCUT2D eigenvalue weighted by Gasteiger charge is 2.18. The molecule has 0 aliphatic heterocycles. The maximum atomic E-state index is 10.6. The zero-order chi connectivity index (χ0) is 19.7. The molecule has 0 saturated heterocycles. The Labute approximate surface area is 165 Å². The predicted octanol–water partition coefficient (Wildman–Crippen LogP) is 4.14. The second-order valence-corrected chi connectivity index (χ2v) is 7.17. The number of hydrogen-bond acceptors (Lipinski definition) is 6. The minimum absolute atomic E-state index is 0.0838. The molecule has 0 aliphatic carbocycles. The Kier molecular flexibility index (Phi) is 4.70. The van der Waals surface area contributed by atoms with Gasteiger partial charge in [0.1, 0.15) is 5.75 Å². The molecule has 0 radical (unpaired) electrons. The summed E-state index contributed by atoms with van der Waals surface area (Å²) in [5.74, 6) is 1.16. The Balaban J connectivity index is 1.60. The molecule has 0 aliphatic rings. The lowest BCUT2D eigenvalue weighted by molar-refractivity contribution is 0.397. The topological polar surface area (TPSA) is 96.2 Å². The molecule has 2 heterocycles. The first-order valence-electron chi connectivity index (χ1n) is 8.50. The Morgan fingerprint density at radius 1 is 1.04 bits per heavy atom. The van der Waals surface area contributed by atoms with Gasteiger partial charge >= 0.3 is 0 Å². The summed E-state index contributed by atoms with van der Waals surface area (Å²) in [6.45, 7) is 2.02. The lowest BCUT2D eigenvalue weighted by Crippen LogP contribution is -1.93. The van der Waals surface area contributed by atoms with Gasteiger partial charge in [-0.15, -0.1) is 5.10 Å². The minimum Gasteiger partial charge on any atom is -0.497 e. The molecule has 0 saturated carbocycles. The van der Waals surface area contributed by atoms with Crippen molar-refractivity contribution in [3.63, 3.8) is 0 Å². The first-order valence-corrected chi connectivity index (χ1v) is 9.32. The van der Waals surface area contributed by atoms with Gasteiger partial charge in [-0.25, -0.2) is 4.98 Å². The van der Waals surface area contributed by atoms with Crippen LogP contribution >= 0.6 is 11.8 Å². The van der Waals surface area contributed by atoms with Crippen LogP contribution in [0.4, 0.5) is 0 Å². The van der Waals surface area contributed by atoms with Crippen LogP contribution in [0.3, 0.4) is 0 Å². The molecule has 0 atom stereocenters. The van der Waals surface area contributed by atoms with E-state index in [2.05, 4.69) is 15.2 Å². The second kappa shape index (κ2) is 7.32. The van der Waals surface area contributed by atoms with Crippen LogP contribution in [0.25, 0.3) is 17.1 Å². The Morgan fingerprint density at radius 2 is 1.75 bits per heavy atom. The van der Waals surface area contributed by atoms with E-state index in [1.807, 2.05) is 31.2 Å². The van der Waals surface area contributed by atoms with Crippen LogP contribution in [0.5, 0.6) is 17.5 Å². The van der Waals surface area contributed by atoms with Gasteiger partial charge in [0.15, 0.2) is 11.7 Å². The molecule has 142 valence electrons. The number of nitrogens with zero attached hydrogens (tertiary/aromatic N) is 3. The number of ether oxygens (including phenoxy) is 1. The maximum Gasteiger partial charge on any atom is 0.213 e. The lowest BCUT2D eigenvalue weighted by atomic mass is 10.1. The second-order valence-electron chi connectivity index (χ2n) is 6.16. The number of aromatic amines is 1. The van der Waals surface area contributed by atoms with Crippen molar-refractivity contribution in [3.05, 3.63) is 60.2 Å². The van der Waals surface area contributed by atoms with Crippen LogP contribution in [0.2, 0.25) is 0 Å². The standard InChI is InChI=1S/C20H18N4O3S/c1-12-3-5-13(6-4-12)18-21-20(23-22-18)28-16-11-17(25)24(19(16)26)14-7-9-15(27-2)10-8-14/h3-11,25-26H,1-2H3,(H,21,22,23). The molecule has 8 heteroatoms. The van der Waals surface area contributed by atoms with Crippen molar-refractivity contribution in [1.82, 2.24) is 19.7 Å². The third-order valence-corrected chi connectivity index (χ3v) is 5.13. The Morgan fingerprint density at radius 3 is 2.43 bits per heavy atom. The fourth-order valence-corrected chi connectivity index (χ4v) is 3.53. The molecule has 2 aromatic heterocycles. The molecule has 0 spiro atoms. The highest BCUT2D eigenvalue weighted by Crippen LogP contribution is 2.40. The largest absolute Gasteiger partial charge is 0.497 e. The van der Waals surface area contributed by atoms with Crippen molar-refractivity contribution in [2.24, 2.45) is 0 Å². The van der Waals surface area contributed by atoms with E-state index in [0.29, 0.717) is 27.3 Å². The van der Waals surface area contributed by atoms with Crippen LogP contribution in [0, 0.1) is 6.92 Å². The van der Waals surface area contributed by atoms with Crippen molar-refractivity contribution in [1.29, 1.82) is 0 Å². The number of hydrogen-bond donors (Lipinski definition) is 3. The fourth-order valence-electron chi connectivity index (χ4n) is 2.76. The van der Waals surface area contributed by atoms with Gasteiger partial charge in [0.05, 0.1) is 17.7 Å². The van der Waals surface area contributed by atoms with Gasteiger partial charge in [0.25, 0.3) is 0 Å². The first-order chi connectivity index (χ1) is 13.5. The van der Waals surface area contributed by atoms with Gasteiger partial charge in [-0.2, -0.15) is 0 Å². The number of H-pyrrole nitrogens is 1. The molecule has 0 fully saturated rings. The quantitative estimate of drug-likeness (QED) is 0.471. The molecular weight excluding hydrogens is 376 g/mol. The summed E-state index contributed by atoms with van der Waals surface area (Å²) in [4.78, 5) is 4.91. The first kappa shape index (κ1) is 18.0. The highest BCUT2D eigenvalue weighted by atomic mass is 32.2. The van der Waals surface area contributed by atoms with Crippen LogP contribution in [-0.4, -0.2) is 37.1 Å². The molecule has 28 heavy (non-hydrogen) atoms. The number of rotatable bonds is 5. The van der Waals surface area contributed by atoms with Gasteiger partial charge in [-0.3, -0.25) is 9.67 Å². The zero-order valence-corrected chi connectivity index (χ0v) is 16.1. The van der Waals surface area contributed by atoms with Crippen molar-refractivity contribution in [3.8, 4) is 34.6 Å². The Hall–Kier alpha value is -3.39. The summed E-state index contributed by atoms with van der Waals surface area (Å²) in [5, 5.41) is 28.4. The Bertz CT molecular complexity index is 1100. The number of aryl methyl sites for hydroxylation is 1. The summed E-state index contributed by atoms with van der Waals surface area (Å²) in [7, 11) is 1.58.